The Balaban J connectivity index is 3.49. The SMILES string of the molecule is CCCC(=O)C(=O)Cl. The second-order valence-electron chi connectivity index (χ2n) is 1.45. The minimum Gasteiger partial charge on any atom is -0.289 e. The van der Waals surface area contributed by atoms with Crippen LogP contribution < -0.4 is 0 Å². The lowest BCUT2D eigenvalue weighted by atomic mass is 10.2. The third-order valence-electron chi connectivity index (χ3n) is 0.696. The molecule has 0 aliphatic heterocycles. The van der Waals surface area contributed by atoms with Crippen LogP contribution in [0, 0.1) is 0 Å². The van der Waals surface area contributed by atoms with Gasteiger partial charge in [0.1, 0.15) is 0 Å². The van der Waals surface area contributed by atoms with Crippen molar-refractivity contribution in [1.82, 2.24) is 0 Å². The number of rotatable bonds is 3. The van der Waals surface area contributed by atoms with Crippen molar-refractivity contribution in [2.24, 2.45) is 0 Å². The normalized spacial score (nSPS) is 8.75. The van der Waals surface area contributed by atoms with Crippen molar-refractivity contribution in [3.63, 3.8) is 0 Å². The molecule has 0 aromatic carbocycles. The van der Waals surface area contributed by atoms with E-state index in [-0.39, 0.29) is 6.42 Å². The van der Waals surface area contributed by atoms with Gasteiger partial charge in [-0.05, 0) is 18.0 Å². The quantitative estimate of drug-likeness (QED) is 0.428. The second-order valence-corrected chi connectivity index (χ2v) is 1.79. The van der Waals surface area contributed by atoms with Crippen molar-refractivity contribution < 1.29 is 9.59 Å². The predicted octanol–water partition coefficient (Wildman–Crippen LogP) is 1.12. The van der Waals surface area contributed by atoms with Crippen LogP contribution >= 0.6 is 11.6 Å². The third-order valence-corrected chi connectivity index (χ3v) is 0.907. The maximum absolute atomic E-state index is 10.3. The summed E-state index contributed by atoms with van der Waals surface area (Å²) >= 11 is 4.82. The van der Waals surface area contributed by atoms with Gasteiger partial charge in [-0.25, -0.2) is 0 Å². The van der Waals surface area contributed by atoms with E-state index in [1.54, 1.807) is 0 Å². The summed E-state index contributed by atoms with van der Waals surface area (Å²) in [5.41, 5.74) is 0. The van der Waals surface area contributed by atoms with E-state index in [2.05, 4.69) is 0 Å². The Kier molecular flexibility index (Phi) is 3.44. The molecule has 0 saturated heterocycles. The fraction of sp³-hybridized carbons (Fsp3) is 0.600. The van der Waals surface area contributed by atoms with E-state index < -0.39 is 11.0 Å². The van der Waals surface area contributed by atoms with E-state index in [1.165, 1.54) is 0 Å². The highest BCUT2D eigenvalue weighted by molar-refractivity contribution is 6.81. The number of hydrogen-bond acceptors (Lipinski definition) is 2. The molecule has 0 unspecified atom stereocenters. The van der Waals surface area contributed by atoms with Crippen molar-refractivity contribution in [1.29, 1.82) is 0 Å². The van der Waals surface area contributed by atoms with Crippen LogP contribution in [0.15, 0.2) is 0 Å². The number of hydrogen-bond donors (Lipinski definition) is 0. The van der Waals surface area contributed by atoms with Gasteiger partial charge in [-0.2, -0.15) is 0 Å². The van der Waals surface area contributed by atoms with Crippen LogP contribution in [0.2, 0.25) is 0 Å². The summed E-state index contributed by atoms with van der Waals surface area (Å²) in [4.78, 5) is 20.2. The van der Waals surface area contributed by atoms with Gasteiger partial charge in [0, 0.05) is 6.42 Å². The summed E-state index contributed by atoms with van der Waals surface area (Å²) in [6.07, 6.45) is 0.944. The molecule has 2 nitrogen and oxygen atoms in total. The molecular formula is C5H7ClO2. The van der Waals surface area contributed by atoms with Crippen molar-refractivity contribution in [3.05, 3.63) is 0 Å². The van der Waals surface area contributed by atoms with E-state index >= 15 is 0 Å². The number of ketones is 1. The van der Waals surface area contributed by atoms with Gasteiger partial charge in [0.05, 0.1) is 0 Å². The van der Waals surface area contributed by atoms with Crippen molar-refractivity contribution in [2.45, 2.75) is 19.8 Å². The van der Waals surface area contributed by atoms with Crippen LogP contribution in [0.1, 0.15) is 19.8 Å². The van der Waals surface area contributed by atoms with Gasteiger partial charge in [-0.1, -0.05) is 6.92 Å². The molecule has 3 heteroatoms. The van der Waals surface area contributed by atoms with Crippen LogP contribution in [0.4, 0.5) is 0 Å². The van der Waals surface area contributed by atoms with Gasteiger partial charge in [0.15, 0.2) is 0 Å². The van der Waals surface area contributed by atoms with Crippen molar-refractivity contribution in [3.8, 4) is 0 Å². The van der Waals surface area contributed by atoms with Gasteiger partial charge >= 0.3 is 0 Å². The van der Waals surface area contributed by atoms with Crippen LogP contribution in [0.5, 0.6) is 0 Å². The first-order chi connectivity index (χ1) is 3.68. The molecular weight excluding hydrogens is 128 g/mol. The highest BCUT2D eigenvalue weighted by Crippen LogP contribution is 1.92. The number of halogens is 1. The van der Waals surface area contributed by atoms with E-state index in [0.717, 1.165) is 0 Å². The Hall–Kier alpha value is -0.370. The number of carbonyl (C=O) groups is 2. The average molecular weight is 135 g/mol. The molecule has 0 amide bonds. The molecule has 0 bridgehead atoms. The minimum atomic E-state index is -0.855. The number of Topliss-reactive ketones (excluding diaryl/α,β-unsaturated/α-hetero) is 1. The predicted molar refractivity (Wildman–Crippen MR) is 30.8 cm³/mol. The Labute approximate surface area is 52.8 Å². The van der Waals surface area contributed by atoms with Crippen LogP contribution in [0.25, 0.3) is 0 Å². The molecule has 0 heterocycles. The molecule has 46 valence electrons. The zero-order valence-electron chi connectivity index (χ0n) is 4.61. The Bertz CT molecular complexity index is 109. The molecule has 0 atom stereocenters. The summed E-state index contributed by atoms with van der Waals surface area (Å²) < 4.78 is 0. The lowest BCUT2D eigenvalue weighted by Gasteiger charge is -1.85. The molecule has 0 spiro atoms. The fourth-order valence-electron chi connectivity index (χ4n) is 0.325. The summed E-state index contributed by atoms with van der Waals surface area (Å²) in [5.74, 6) is -0.492. The second kappa shape index (κ2) is 3.61. The maximum atomic E-state index is 10.3. The summed E-state index contributed by atoms with van der Waals surface area (Å²) in [6.45, 7) is 1.82. The fourth-order valence-corrected chi connectivity index (χ4v) is 0.420. The molecule has 0 aromatic rings. The molecule has 0 fully saturated rings. The van der Waals surface area contributed by atoms with E-state index in [4.69, 9.17) is 11.6 Å². The largest absolute Gasteiger partial charge is 0.289 e. The lowest BCUT2D eigenvalue weighted by Crippen LogP contribution is -2.04. The van der Waals surface area contributed by atoms with Crippen molar-refractivity contribution >= 4 is 22.6 Å². The molecule has 0 N–H and O–H groups in total. The lowest BCUT2D eigenvalue weighted by molar-refractivity contribution is -0.132. The van der Waals surface area contributed by atoms with E-state index in [9.17, 15) is 9.59 Å². The Morgan fingerprint density at radius 1 is 1.50 bits per heavy atom. The van der Waals surface area contributed by atoms with E-state index in [1.807, 2.05) is 6.92 Å². The topological polar surface area (TPSA) is 34.1 Å². The summed E-state index contributed by atoms with van der Waals surface area (Å²) in [5, 5.41) is -0.855. The minimum absolute atomic E-state index is 0.266. The van der Waals surface area contributed by atoms with Gasteiger partial charge in [0.2, 0.25) is 5.78 Å². The Morgan fingerprint density at radius 3 is 2.12 bits per heavy atom. The molecule has 0 saturated carbocycles. The van der Waals surface area contributed by atoms with Gasteiger partial charge in [-0.3, -0.25) is 9.59 Å². The van der Waals surface area contributed by atoms with Gasteiger partial charge < -0.3 is 0 Å². The first-order valence-electron chi connectivity index (χ1n) is 2.41. The van der Waals surface area contributed by atoms with Crippen LogP contribution in [0.3, 0.4) is 0 Å². The highest BCUT2D eigenvalue weighted by Gasteiger charge is 2.06. The molecule has 0 radical (unpaired) electrons. The molecule has 0 rings (SSSR count). The zero-order chi connectivity index (χ0) is 6.57. The maximum Gasteiger partial charge on any atom is 0.288 e. The monoisotopic (exact) mass is 134 g/mol. The average Bonchev–Trinajstić information content (AvgIpc) is 1.67. The smallest absolute Gasteiger partial charge is 0.288 e. The van der Waals surface area contributed by atoms with E-state index in [0.29, 0.717) is 6.42 Å². The Morgan fingerprint density at radius 2 is 2.00 bits per heavy atom. The molecule has 0 aliphatic rings. The first kappa shape index (κ1) is 7.63. The van der Waals surface area contributed by atoms with Crippen molar-refractivity contribution in [2.75, 3.05) is 0 Å². The molecule has 0 aromatic heterocycles. The zero-order valence-corrected chi connectivity index (χ0v) is 5.36. The highest BCUT2D eigenvalue weighted by atomic mass is 35.5. The number of carbonyl (C=O) groups excluding carboxylic acids is 2. The van der Waals surface area contributed by atoms with Crippen LogP contribution in [-0.2, 0) is 9.59 Å². The van der Waals surface area contributed by atoms with Gasteiger partial charge in [-0.15, -0.1) is 0 Å². The van der Waals surface area contributed by atoms with Crippen LogP contribution in [-0.4, -0.2) is 11.0 Å². The molecule has 8 heavy (non-hydrogen) atoms. The summed E-state index contributed by atoms with van der Waals surface area (Å²) in [7, 11) is 0. The standard InChI is InChI=1S/C5H7ClO2/c1-2-3-4(7)5(6)8/h2-3H2,1H3. The first-order valence-corrected chi connectivity index (χ1v) is 2.79. The summed E-state index contributed by atoms with van der Waals surface area (Å²) in [6, 6.07) is 0. The third kappa shape index (κ3) is 2.75. The van der Waals surface area contributed by atoms with Gasteiger partial charge in [0.25, 0.3) is 5.24 Å². The molecule has 0 aliphatic carbocycles.